The molecule has 0 aromatic carbocycles. The summed E-state index contributed by atoms with van der Waals surface area (Å²) in [6.07, 6.45) is 0. The Morgan fingerprint density at radius 3 is 3.08 bits per heavy atom. The summed E-state index contributed by atoms with van der Waals surface area (Å²) in [5.41, 5.74) is 0.486. The van der Waals surface area contributed by atoms with Gasteiger partial charge in [-0.1, -0.05) is 0 Å². The van der Waals surface area contributed by atoms with Gasteiger partial charge in [-0.05, 0) is 0 Å². The van der Waals surface area contributed by atoms with Crippen LogP contribution in [0.5, 0.6) is 0 Å². The predicted octanol–water partition coefficient (Wildman–Crippen LogP) is -1.60. The molecule has 1 aliphatic heterocycles. The number of nitrogens with one attached hydrogen (secondary N) is 3. The van der Waals surface area contributed by atoms with E-state index in [0.717, 1.165) is 13.1 Å². The van der Waals surface area contributed by atoms with Gasteiger partial charge in [0.05, 0.1) is 6.04 Å². The van der Waals surface area contributed by atoms with Gasteiger partial charge in [-0.25, -0.2) is 4.79 Å². The Kier molecular flexibility index (Phi) is 3.49. The van der Waals surface area contributed by atoms with Crippen LogP contribution in [-0.2, 0) is 9.59 Å². The summed E-state index contributed by atoms with van der Waals surface area (Å²) in [4.78, 5) is 21.1. The van der Waals surface area contributed by atoms with Crippen LogP contribution >= 0.6 is 0 Å². The highest BCUT2D eigenvalue weighted by atomic mass is 16.1. The van der Waals surface area contributed by atoms with E-state index in [1.165, 1.54) is 6.92 Å². The fourth-order valence-corrected chi connectivity index (χ4v) is 1.20. The van der Waals surface area contributed by atoms with E-state index in [4.69, 9.17) is 0 Å². The topological polar surface area (TPSA) is 70.2 Å². The van der Waals surface area contributed by atoms with Gasteiger partial charge in [0.25, 0.3) is 0 Å². The monoisotopic (exact) mass is 183 g/mol. The van der Waals surface area contributed by atoms with Crippen molar-refractivity contribution < 1.29 is 9.59 Å². The zero-order chi connectivity index (χ0) is 9.68. The first kappa shape index (κ1) is 9.77. The summed E-state index contributed by atoms with van der Waals surface area (Å²) < 4.78 is 0. The maximum atomic E-state index is 10.6. The molecule has 72 valence electrons. The van der Waals surface area contributed by atoms with Crippen LogP contribution in [0.25, 0.3) is 0 Å². The third-order valence-electron chi connectivity index (χ3n) is 1.84. The first-order valence-corrected chi connectivity index (χ1v) is 4.20. The number of amides is 1. The second kappa shape index (κ2) is 4.64. The van der Waals surface area contributed by atoms with Gasteiger partial charge in [0.15, 0.2) is 0 Å². The molecule has 0 aromatic heterocycles. The molecule has 13 heavy (non-hydrogen) atoms. The zero-order valence-electron chi connectivity index (χ0n) is 7.52. The number of hydrogen-bond acceptors (Lipinski definition) is 4. The molecule has 0 saturated carbocycles. The first-order chi connectivity index (χ1) is 6.24. The normalized spacial score (nSPS) is 21.6. The van der Waals surface area contributed by atoms with E-state index in [2.05, 4.69) is 16.0 Å². The lowest BCUT2D eigenvalue weighted by Crippen LogP contribution is -2.51. The molecule has 1 atom stereocenters. The SMILES string of the molecule is CC(=O)NCC1NCCNC1=C=O. The third-order valence-corrected chi connectivity index (χ3v) is 1.84. The standard InChI is InChI=1S/C8H13N3O2/c1-6(13)11-4-7-8(5-12)10-3-2-9-7/h7,9-10H,2-4H2,1H3,(H,11,13). The molecule has 1 saturated heterocycles. The van der Waals surface area contributed by atoms with E-state index in [-0.39, 0.29) is 11.9 Å². The van der Waals surface area contributed by atoms with Gasteiger partial charge < -0.3 is 16.0 Å². The number of carbonyl (C=O) groups excluding carboxylic acids is 2. The Balaban J connectivity index is 2.46. The zero-order valence-corrected chi connectivity index (χ0v) is 7.52. The summed E-state index contributed by atoms with van der Waals surface area (Å²) >= 11 is 0. The van der Waals surface area contributed by atoms with Crippen molar-refractivity contribution in [1.82, 2.24) is 16.0 Å². The molecule has 1 unspecified atom stereocenters. The summed E-state index contributed by atoms with van der Waals surface area (Å²) in [6, 6.07) is -0.129. The van der Waals surface area contributed by atoms with Crippen molar-refractivity contribution >= 4 is 11.8 Å². The molecule has 1 amide bonds. The Morgan fingerprint density at radius 2 is 2.46 bits per heavy atom. The number of rotatable bonds is 2. The van der Waals surface area contributed by atoms with E-state index in [9.17, 15) is 9.59 Å². The molecule has 1 fully saturated rings. The Labute approximate surface area is 76.6 Å². The lowest BCUT2D eigenvalue weighted by Gasteiger charge is -2.25. The van der Waals surface area contributed by atoms with Gasteiger partial charge >= 0.3 is 0 Å². The Bertz CT molecular complexity index is 246. The molecule has 5 heteroatoms. The average molecular weight is 183 g/mol. The van der Waals surface area contributed by atoms with Crippen molar-refractivity contribution in [1.29, 1.82) is 0 Å². The highest BCUT2D eigenvalue weighted by molar-refractivity contribution is 5.73. The molecule has 0 bridgehead atoms. The van der Waals surface area contributed by atoms with E-state index >= 15 is 0 Å². The molecule has 0 radical (unpaired) electrons. The van der Waals surface area contributed by atoms with E-state index in [1.54, 1.807) is 0 Å². The lowest BCUT2D eigenvalue weighted by molar-refractivity contribution is -0.119. The highest BCUT2D eigenvalue weighted by Crippen LogP contribution is 1.96. The van der Waals surface area contributed by atoms with Crippen LogP contribution in [0.3, 0.4) is 0 Å². The molecule has 5 nitrogen and oxygen atoms in total. The van der Waals surface area contributed by atoms with Crippen LogP contribution in [0, 0.1) is 0 Å². The maximum absolute atomic E-state index is 10.6. The summed E-state index contributed by atoms with van der Waals surface area (Å²) in [7, 11) is 0. The van der Waals surface area contributed by atoms with Crippen molar-refractivity contribution in [3.8, 4) is 0 Å². The van der Waals surface area contributed by atoms with Gasteiger partial charge in [-0.15, -0.1) is 0 Å². The quantitative estimate of drug-likeness (QED) is 0.451. The number of hydrogen-bond donors (Lipinski definition) is 3. The van der Waals surface area contributed by atoms with Crippen molar-refractivity contribution in [3.63, 3.8) is 0 Å². The molecule has 0 spiro atoms. The molecular formula is C8H13N3O2. The van der Waals surface area contributed by atoms with Crippen LogP contribution in [0.15, 0.2) is 5.70 Å². The number of carbonyl (C=O) groups is 1. The van der Waals surface area contributed by atoms with E-state index < -0.39 is 0 Å². The molecule has 1 heterocycles. The van der Waals surface area contributed by atoms with Crippen LogP contribution < -0.4 is 16.0 Å². The summed E-state index contributed by atoms with van der Waals surface area (Å²) in [6.45, 7) is 3.38. The second-order valence-corrected chi connectivity index (χ2v) is 2.89. The minimum absolute atomic E-state index is 0.0994. The van der Waals surface area contributed by atoms with Gasteiger partial charge in [-0.2, -0.15) is 0 Å². The largest absolute Gasteiger partial charge is 0.377 e. The van der Waals surface area contributed by atoms with Gasteiger partial charge in [0.1, 0.15) is 11.6 Å². The van der Waals surface area contributed by atoms with Gasteiger partial charge in [0, 0.05) is 26.6 Å². The van der Waals surface area contributed by atoms with Crippen LogP contribution in [0.4, 0.5) is 0 Å². The summed E-state index contributed by atoms with van der Waals surface area (Å²) in [5, 5.41) is 8.66. The van der Waals surface area contributed by atoms with Crippen LogP contribution in [0.1, 0.15) is 6.92 Å². The fraction of sp³-hybridized carbons (Fsp3) is 0.625. The lowest BCUT2D eigenvalue weighted by atomic mass is 10.2. The van der Waals surface area contributed by atoms with Crippen LogP contribution in [0.2, 0.25) is 0 Å². The van der Waals surface area contributed by atoms with Crippen molar-refractivity contribution in [2.24, 2.45) is 0 Å². The van der Waals surface area contributed by atoms with Crippen LogP contribution in [-0.4, -0.2) is 37.5 Å². The minimum atomic E-state index is -0.129. The Hall–Kier alpha value is -1.32. The Morgan fingerprint density at radius 1 is 1.69 bits per heavy atom. The molecule has 0 aliphatic carbocycles. The summed E-state index contributed by atoms with van der Waals surface area (Å²) in [5.74, 6) is 1.72. The van der Waals surface area contributed by atoms with Gasteiger partial charge in [-0.3, -0.25) is 4.79 Å². The molecular weight excluding hydrogens is 170 g/mol. The fourth-order valence-electron chi connectivity index (χ4n) is 1.20. The van der Waals surface area contributed by atoms with E-state index in [1.807, 2.05) is 5.94 Å². The molecule has 1 rings (SSSR count). The highest BCUT2D eigenvalue weighted by Gasteiger charge is 2.18. The maximum Gasteiger partial charge on any atom is 0.216 e. The van der Waals surface area contributed by atoms with Crippen molar-refractivity contribution in [2.75, 3.05) is 19.6 Å². The third kappa shape index (κ3) is 2.89. The minimum Gasteiger partial charge on any atom is -0.377 e. The average Bonchev–Trinajstić information content (AvgIpc) is 2.15. The number of piperazine rings is 1. The first-order valence-electron chi connectivity index (χ1n) is 4.20. The smallest absolute Gasteiger partial charge is 0.216 e. The van der Waals surface area contributed by atoms with Gasteiger partial charge in [0.2, 0.25) is 5.91 Å². The van der Waals surface area contributed by atoms with Crippen molar-refractivity contribution in [2.45, 2.75) is 13.0 Å². The second-order valence-electron chi connectivity index (χ2n) is 2.89. The molecule has 0 aromatic rings. The van der Waals surface area contributed by atoms with Crippen molar-refractivity contribution in [3.05, 3.63) is 5.70 Å². The van der Waals surface area contributed by atoms with E-state index in [0.29, 0.717) is 12.2 Å². The molecule has 3 N–H and O–H groups in total. The molecule has 1 aliphatic rings. The predicted molar refractivity (Wildman–Crippen MR) is 47.7 cm³/mol.